The largest absolute Gasteiger partial charge is 0.469 e. The summed E-state index contributed by atoms with van der Waals surface area (Å²) in [5.41, 5.74) is 0. The summed E-state index contributed by atoms with van der Waals surface area (Å²) in [6, 6.07) is 3.76. The molecular weight excluding hydrogens is 282 g/mol. The van der Waals surface area contributed by atoms with Gasteiger partial charge in [0, 0.05) is 39.0 Å². The zero-order valence-electron chi connectivity index (χ0n) is 12.8. The van der Waals surface area contributed by atoms with Crippen LogP contribution in [-0.2, 0) is 17.8 Å². The standard InChI is InChI=1S/C15H21N5O2/c1-12-16-14(18-17-12)11-19-6-8-20(9-7-19)15(21)5-4-13-3-2-10-22-13/h2-3,10H,4-9,11H2,1H3,(H,16,17,18). The third-order valence-corrected chi connectivity index (χ3v) is 3.90. The highest BCUT2D eigenvalue weighted by Crippen LogP contribution is 2.09. The van der Waals surface area contributed by atoms with Crippen molar-refractivity contribution in [3.05, 3.63) is 35.8 Å². The Hall–Kier alpha value is -2.15. The van der Waals surface area contributed by atoms with Crippen molar-refractivity contribution >= 4 is 5.91 Å². The molecule has 2 aromatic rings. The first kappa shape index (κ1) is 14.8. The Morgan fingerprint density at radius 1 is 1.36 bits per heavy atom. The van der Waals surface area contributed by atoms with Crippen molar-refractivity contribution in [2.75, 3.05) is 26.2 Å². The Bertz CT molecular complexity index is 599. The Balaban J connectivity index is 1.42. The SMILES string of the molecule is Cc1nc(CN2CCN(C(=O)CCc3ccco3)CC2)n[nH]1. The van der Waals surface area contributed by atoms with Gasteiger partial charge in [0.2, 0.25) is 5.91 Å². The predicted molar refractivity (Wildman–Crippen MR) is 80.0 cm³/mol. The summed E-state index contributed by atoms with van der Waals surface area (Å²) >= 11 is 0. The van der Waals surface area contributed by atoms with Crippen molar-refractivity contribution in [2.45, 2.75) is 26.3 Å². The van der Waals surface area contributed by atoms with Gasteiger partial charge in [-0.2, -0.15) is 5.10 Å². The van der Waals surface area contributed by atoms with Crippen molar-refractivity contribution in [3.8, 4) is 0 Å². The van der Waals surface area contributed by atoms with E-state index in [9.17, 15) is 4.79 Å². The highest BCUT2D eigenvalue weighted by molar-refractivity contribution is 5.76. The number of carbonyl (C=O) groups excluding carboxylic acids is 1. The van der Waals surface area contributed by atoms with Gasteiger partial charge in [-0.25, -0.2) is 4.98 Å². The normalized spacial score (nSPS) is 16.1. The van der Waals surface area contributed by atoms with Gasteiger partial charge in [-0.3, -0.25) is 14.8 Å². The Morgan fingerprint density at radius 2 is 2.18 bits per heavy atom. The molecule has 22 heavy (non-hydrogen) atoms. The molecule has 0 atom stereocenters. The number of aromatic nitrogens is 3. The molecule has 1 aliphatic heterocycles. The lowest BCUT2D eigenvalue weighted by Gasteiger charge is -2.34. The van der Waals surface area contributed by atoms with E-state index in [4.69, 9.17) is 4.42 Å². The minimum absolute atomic E-state index is 0.199. The summed E-state index contributed by atoms with van der Waals surface area (Å²) in [4.78, 5) is 20.7. The van der Waals surface area contributed by atoms with E-state index in [0.29, 0.717) is 12.8 Å². The van der Waals surface area contributed by atoms with Gasteiger partial charge in [-0.15, -0.1) is 0 Å². The second kappa shape index (κ2) is 6.74. The molecule has 1 N–H and O–H groups in total. The van der Waals surface area contributed by atoms with E-state index < -0.39 is 0 Å². The highest BCUT2D eigenvalue weighted by atomic mass is 16.3. The molecule has 0 unspecified atom stereocenters. The van der Waals surface area contributed by atoms with E-state index in [1.807, 2.05) is 24.0 Å². The number of piperazine rings is 1. The number of H-pyrrole nitrogens is 1. The molecule has 3 rings (SSSR count). The monoisotopic (exact) mass is 303 g/mol. The van der Waals surface area contributed by atoms with Crippen LogP contribution >= 0.6 is 0 Å². The Kier molecular flexibility index (Phi) is 4.53. The molecule has 1 amide bonds. The lowest BCUT2D eigenvalue weighted by molar-refractivity contribution is -0.133. The van der Waals surface area contributed by atoms with Crippen LogP contribution in [0.15, 0.2) is 22.8 Å². The first-order chi connectivity index (χ1) is 10.7. The van der Waals surface area contributed by atoms with Crippen LogP contribution in [0, 0.1) is 6.92 Å². The molecule has 118 valence electrons. The van der Waals surface area contributed by atoms with Crippen LogP contribution < -0.4 is 0 Å². The Morgan fingerprint density at radius 3 is 2.82 bits per heavy atom. The fourth-order valence-electron chi connectivity index (χ4n) is 2.66. The molecule has 0 bridgehead atoms. The van der Waals surface area contributed by atoms with E-state index in [1.165, 1.54) is 0 Å². The Labute approximate surface area is 129 Å². The number of nitrogens with zero attached hydrogens (tertiary/aromatic N) is 4. The molecule has 2 aromatic heterocycles. The molecule has 0 spiro atoms. The van der Waals surface area contributed by atoms with Gasteiger partial charge in [-0.05, 0) is 19.1 Å². The van der Waals surface area contributed by atoms with Gasteiger partial charge in [0.05, 0.1) is 12.8 Å². The predicted octanol–water partition coefficient (Wildman–Crippen LogP) is 0.983. The van der Waals surface area contributed by atoms with Crippen molar-refractivity contribution < 1.29 is 9.21 Å². The van der Waals surface area contributed by atoms with E-state index >= 15 is 0 Å². The first-order valence-corrected chi connectivity index (χ1v) is 7.61. The van der Waals surface area contributed by atoms with Crippen LogP contribution in [0.5, 0.6) is 0 Å². The quantitative estimate of drug-likeness (QED) is 0.891. The molecule has 3 heterocycles. The van der Waals surface area contributed by atoms with Gasteiger partial charge in [0.15, 0.2) is 5.82 Å². The molecule has 0 radical (unpaired) electrons. The first-order valence-electron chi connectivity index (χ1n) is 7.61. The molecule has 1 aliphatic rings. The van der Waals surface area contributed by atoms with E-state index in [-0.39, 0.29) is 5.91 Å². The molecule has 0 aliphatic carbocycles. The second-order valence-electron chi connectivity index (χ2n) is 5.57. The number of hydrogen-bond donors (Lipinski definition) is 1. The van der Waals surface area contributed by atoms with Crippen LogP contribution in [0.4, 0.5) is 0 Å². The van der Waals surface area contributed by atoms with Crippen molar-refractivity contribution in [1.82, 2.24) is 25.0 Å². The topological polar surface area (TPSA) is 78.3 Å². The summed E-state index contributed by atoms with van der Waals surface area (Å²) in [5, 5.41) is 7.01. The van der Waals surface area contributed by atoms with Crippen molar-refractivity contribution in [3.63, 3.8) is 0 Å². The lowest BCUT2D eigenvalue weighted by Crippen LogP contribution is -2.48. The molecular formula is C15H21N5O2. The van der Waals surface area contributed by atoms with Gasteiger partial charge in [0.1, 0.15) is 11.6 Å². The minimum atomic E-state index is 0.199. The maximum Gasteiger partial charge on any atom is 0.223 e. The number of aromatic amines is 1. The van der Waals surface area contributed by atoms with Crippen LogP contribution in [0.25, 0.3) is 0 Å². The maximum atomic E-state index is 12.2. The van der Waals surface area contributed by atoms with Crippen molar-refractivity contribution in [2.24, 2.45) is 0 Å². The smallest absolute Gasteiger partial charge is 0.223 e. The van der Waals surface area contributed by atoms with Crippen LogP contribution in [-0.4, -0.2) is 57.1 Å². The fraction of sp³-hybridized carbons (Fsp3) is 0.533. The summed E-state index contributed by atoms with van der Waals surface area (Å²) in [5.74, 6) is 2.72. The van der Waals surface area contributed by atoms with Crippen molar-refractivity contribution in [1.29, 1.82) is 0 Å². The van der Waals surface area contributed by atoms with E-state index in [2.05, 4.69) is 20.1 Å². The van der Waals surface area contributed by atoms with Gasteiger partial charge < -0.3 is 9.32 Å². The van der Waals surface area contributed by atoms with Crippen LogP contribution in [0.1, 0.15) is 23.8 Å². The third kappa shape index (κ3) is 3.73. The third-order valence-electron chi connectivity index (χ3n) is 3.90. The molecule has 0 aromatic carbocycles. The van der Waals surface area contributed by atoms with Gasteiger partial charge in [0.25, 0.3) is 0 Å². The highest BCUT2D eigenvalue weighted by Gasteiger charge is 2.21. The second-order valence-corrected chi connectivity index (χ2v) is 5.57. The lowest BCUT2D eigenvalue weighted by atomic mass is 10.2. The fourth-order valence-corrected chi connectivity index (χ4v) is 2.66. The van der Waals surface area contributed by atoms with Gasteiger partial charge >= 0.3 is 0 Å². The van der Waals surface area contributed by atoms with Gasteiger partial charge in [-0.1, -0.05) is 0 Å². The molecule has 7 nitrogen and oxygen atoms in total. The number of aryl methyl sites for hydroxylation is 2. The number of furan rings is 1. The average molecular weight is 303 g/mol. The maximum absolute atomic E-state index is 12.2. The number of amides is 1. The van der Waals surface area contributed by atoms with E-state index in [0.717, 1.165) is 50.1 Å². The average Bonchev–Trinajstić information content (AvgIpc) is 3.17. The number of rotatable bonds is 5. The molecule has 1 fully saturated rings. The summed E-state index contributed by atoms with van der Waals surface area (Å²) in [6.45, 7) is 5.88. The van der Waals surface area contributed by atoms with Crippen LogP contribution in [0.3, 0.4) is 0 Å². The zero-order valence-corrected chi connectivity index (χ0v) is 12.8. The minimum Gasteiger partial charge on any atom is -0.469 e. The van der Waals surface area contributed by atoms with Crippen LogP contribution in [0.2, 0.25) is 0 Å². The number of carbonyl (C=O) groups is 1. The summed E-state index contributed by atoms with van der Waals surface area (Å²) < 4.78 is 5.26. The zero-order chi connectivity index (χ0) is 15.4. The molecule has 0 saturated carbocycles. The number of nitrogens with one attached hydrogen (secondary N) is 1. The molecule has 1 saturated heterocycles. The van der Waals surface area contributed by atoms with E-state index in [1.54, 1.807) is 6.26 Å². The number of hydrogen-bond acceptors (Lipinski definition) is 5. The summed E-state index contributed by atoms with van der Waals surface area (Å²) in [6.07, 6.45) is 2.82. The molecule has 7 heteroatoms. The summed E-state index contributed by atoms with van der Waals surface area (Å²) in [7, 11) is 0.